The molecule has 1 aromatic rings. The van der Waals surface area contributed by atoms with Crippen molar-refractivity contribution in [3.63, 3.8) is 0 Å². The van der Waals surface area contributed by atoms with Gasteiger partial charge < -0.3 is 20.5 Å². The predicted molar refractivity (Wildman–Crippen MR) is 78.2 cm³/mol. The maximum absolute atomic E-state index is 11.3. The molecule has 116 valence electrons. The van der Waals surface area contributed by atoms with E-state index in [0.717, 1.165) is 18.5 Å². The summed E-state index contributed by atoms with van der Waals surface area (Å²) in [6.07, 6.45) is 1.02. The van der Waals surface area contributed by atoms with E-state index in [1.165, 1.54) is 0 Å². The number of carbonyl (C=O) groups excluding carboxylic acids is 2. The van der Waals surface area contributed by atoms with Crippen molar-refractivity contribution in [1.29, 1.82) is 0 Å². The molecule has 4 N–H and O–H groups in total. The Morgan fingerprint density at radius 2 is 2.10 bits per heavy atom. The molecular formula is C14H21N3O4. The molecule has 7 heteroatoms. The van der Waals surface area contributed by atoms with Gasteiger partial charge in [0.1, 0.15) is 11.5 Å². The summed E-state index contributed by atoms with van der Waals surface area (Å²) in [5.74, 6) is 0.669. The van der Waals surface area contributed by atoms with Crippen LogP contribution in [0.25, 0.3) is 0 Å². The molecule has 0 spiro atoms. The lowest BCUT2D eigenvalue weighted by molar-refractivity contribution is -0.121. The minimum absolute atomic E-state index is 0.282. The van der Waals surface area contributed by atoms with Crippen LogP contribution < -0.4 is 25.8 Å². The van der Waals surface area contributed by atoms with E-state index in [-0.39, 0.29) is 6.61 Å². The second-order valence-electron chi connectivity index (χ2n) is 4.35. The summed E-state index contributed by atoms with van der Waals surface area (Å²) in [6, 6.07) is 4.40. The number of urea groups is 1. The number of methoxy groups -OCH3 is 1. The molecule has 0 aromatic heterocycles. The third-order valence-corrected chi connectivity index (χ3v) is 2.63. The van der Waals surface area contributed by atoms with Gasteiger partial charge >= 0.3 is 6.03 Å². The molecule has 0 radical (unpaired) electrons. The molecule has 0 saturated heterocycles. The molecule has 0 unspecified atom stereocenters. The molecule has 1 rings (SSSR count). The normalized spacial score (nSPS) is 10.0. The van der Waals surface area contributed by atoms with Crippen molar-refractivity contribution < 1.29 is 19.1 Å². The monoisotopic (exact) mass is 295 g/mol. The van der Waals surface area contributed by atoms with E-state index in [1.807, 2.05) is 11.4 Å². The fourth-order valence-electron chi connectivity index (χ4n) is 1.68. The van der Waals surface area contributed by atoms with Crippen molar-refractivity contribution >= 4 is 11.9 Å². The summed E-state index contributed by atoms with van der Waals surface area (Å²) in [6.45, 7) is 3.26. The summed E-state index contributed by atoms with van der Waals surface area (Å²) in [7, 11) is 1.58. The van der Waals surface area contributed by atoms with E-state index in [2.05, 4.69) is 12.2 Å². The van der Waals surface area contributed by atoms with Gasteiger partial charge in [-0.05, 0) is 31.2 Å². The minimum Gasteiger partial charge on any atom is -0.497 e. The van der Waals surface area contributed by atoms with Crippen molar-refractivity contribution in [2.75, 3.05) is 20.3 Å². The summed E-state index contributed by atoms with van der Waals surface area (Å²) in [4.78, 5) is 21.9. The van der Waals surface area contributed by atoms with E-state index in [9.17, 15) is 9.59 Å². The van der Waals surface area contributed by atoms with Crippen molar-refractivity contribution in [3.8, 4) is 11.5 Å². The summed E-state index contributed by atoms with van der Waals surface area (Å²) >= 11 is 0. The van der Waals surface area contributed by atoms with E-state index in [4.69, 9.17) is 15.2 Å². The highest BCUT2D eigenvalue weighted by Gasteiger charge is 2.09. The Labute approximate surface area is 123 Å². The number of amides is 3. The molecule has 0 aliphatic heterocycles. The molecule has 7 nitrogen and oxygen atoms in total. The van der Waals surface area contributed by atoms with Crippen molar-refractivity contribution in [3.05, 3.63) is 23.8 Å². The van der Waals surface area contributed by atoms with E-state index in [0.29, 0.717) is 18.0 Å². The zero-order chi connectivity index (χ0) is 15.7. The Hall–Kier alpha value is -2.28. The summed E-state index contributed by atoms with van der Waals surface area (Å²) in [5.41, 5.74) is 5.73. The van der Waals surface area contributed by atoms with Gasteiger partial charge in [-0.15, -0.1) is 0 Å². The van der Waals surface area contributed by atoms with Gasteiger partial charge in [0.2, 0.25) is 0 Å². The fourth-order valence-corrected chi connectivity index (χ4v) is 1.68. The average Bonchev–Trinajstić information content (AvgIpc) is 2.45. The zero-order valence-corrected chi connectivity index (χ0v) is 12.3. The second kappa shape index (κ2) is 8.80. The van der Waals surface area contributed by atoms with Crippen LogP contribution in [0.5, 0.6) is 11.5 Å². The third-order valence-electron chi connectivity index (χ3n) is 2.63. The lowest BCUT2D eigenvalue weighted by atomic mass is 10.2. The highest BCUT2D eigenvalue weighted by atomic mass is 16.5. The van der Waals surface area contributed by atoms with Gasteiger partial charge in [-0.3, -0.25) is 10.1 Å². The van der Waals surface area contributed by atoms with Gasteiger partial charge in [-0.2, -0.15) is 0 Å². The van der Waals surface area contributed by atoms with Crippen molar-refractivity contribution in [2.45, 2.75) is 19.9 Å². The van der Waals surface area contributed by atoms with Crippen LogP contribution in [0.15, 0.2) is 18.2 Å². The van der Waals surface area contributed by atoms with Crippen LogP contribution in [-0.4, -0.2) is 32.2 Å². The predicted octanol–water partition coefficient (Wildman–Crippen LogP) is 0.768. The van der Waals surface area contributed by atoms with E-state index in [1.54, 1.807) is 19.2 Å². The van der Waals surface area contributed by atoms with Gasteiger partial charge in [-0.1, -0.05) is 6.92 Å². The number of hydrogen-bond donors (Lipinski definition) is 3. The minimum atomic E-state index is -0.900. The number of nitrogens with one attached hydrogen (secondary N) is 2. The molecule has 0 heterocycles. The van der Waals surface area contributed by atoms with Crippen LogP contribution in [0.4, 0.5) is 4.79 Å². The van der Waals surface area contributed by atoms with Gasteiger partial charge in [-0.25, -0.2) is 4.79 Å². The van der Waals surface area contributed by atoms with Crippen LogP contribution in [0.1, 0.15) is 18.9 Å². The fraction of sp³-hybridized carbons (Fsp3) is 0.429. The number of benzene rings is 1. The number of ether oxygens (including phenoxy) is 2. The SMILES string of the molecule is CCCNCc1cc(OC)ccc1OCC(=O)NC(N)=O. The highest BCUT2D eigenvalue weighted by molar-refractivity contribution is 5.94. The molecule has 21 heavy (non-hydrogen) atoms. The summed E-state index contributed by atoms with van der Waals surface area (Å²) in [5, 5.41) is 5.19. The third kappa shape index (κ3) is 6.13. The number of primary amides is 1. The van der Waals surface area contributed by atoms with Crippen LogP contribution in [0.2, 0.25) is 0 Å². The first-order chi connectivity index (χ1) is 10.1. The molecule has 0 aliphatic rings. The van der Waals surface area contributed by atoms with Crippen molar-refractivity contribution in [1.82, 2.24) is 10.6 Å². The molecule has 0 bridgehead atoms. The topological polar surface area (TPSA) is 103 Å². The Kier molecular flexibility index (Phi) is 7.03. The molecule has 0 saturated carbocycles. The van der Waals surface area contributed by atoms with Crippen LogP contribution in [-0.2, 0) is 11.3 Å². The van der Waals surface area contributed by atoms with Gasteiger partial charge in [0.15, 0.2) is 6.61 Å². The van der Waals surface area contributed by atoms with E-state index >= 15 is 0 Å². The first-order valence-electron chi connectivity index (χ1n) is 6.66. The molecule has 0 atom stereocenters. The first kappa shape index (κ1) is 16.8. The average molecular weight is 295 g/mol. The van der Waals surface area contributed by atoms with Crippen LogP contribution >= 0.6 is 0 Å². The first-order valence-corrected chi connectivity index (χ1v) is 6.66. The van der Waals surface area contributed by atoms with Crippen molar-refractivity contribution in [2.24, 2.45) is 5.73 Å². The standard InChI is InChI=1S/C14H21N3O4/c1-3-6-16-8-10-7-11(20-2)4-5-12(10)21-9-13(18)17-14(15)19/h4-5,7,16H,3,6,8-9H2,1-2H3,(H3,15,17,18,19). The van der Waals surface area contributed by atoms with E-state index < -0.39 is 11.9 Å². The lowest BCUT2D eigenvalue weighted by Gasteiger charge is -2.13. The molecule has 1 aromatic carbocycles. The maximum atomic E-state index is 11.3. The zero-order valence-electron chi connectivity index (χ0n) is 12.3. The number of nitrogens with two attached hydrogens (primary N) is 1. The number of hydrogen-bond acceptors (Lipinski definition) is 5. The molecular weight excluding hydrogens is 274 g/mol. The molecule has 0 aliphatic carbocycles. The molecule has 0 fully saturated rings. The Bertz CT molecular complexity index is 491. The highest BCUT2D eigenvalue weighted by Crippen LogP contribution is 2.24. The number of rotatable bonds is 8. The second-order valence-corrected chi connectivity index (χ2v) is 4.35. The number of carbonyl (C=O) groups is 2. The Balaban J connectivity index is 2.70. The Morgan fingerprint density at radius 1 is 1.33 bits per heavy atom. The van der Waals surface area contributed by atoms with Crippen LogP contribution in [0.3, 0.4) is 0 Å². The number of imide groups is 1. The smallest absolute Gasteiger partial charge is 0.318 e. The largest absolute Gasteiger partial charge is 0.497 e. The molecule has 3 amide bonds. The summed E-state index contributed by atoms with van der Waals surface area (Å²) < 4.78 is 10.6. The van der Waals surface area contributed by atoms with Gasteiger partial charge in [0.05, 0.1) is 7.11 Å². The van der Waals surface area contributed by atoms with Gasteiger partial charge in [0, 0.05) is 12.1 Å². The lowest BCUT2D eigenvalue weighted by Crippen LogP contribution is -2.38. The maximum Gasteiger partial charge on any atom is 0.318 e. The Morgan fingerprint density at radius 3 is 2.71 bits per heavy atom. The van der Waals surface area contributed by atoms with Crippen LogP contribution in [0, 0.1) is 0 Å². The quantitative estimate of drug-likeness (QED) is 0.615. The van der Waals surface area contributed by atoms with Gasteiger partial charge in [0.25, 0.3) is 5.91 Å².